The lowest BCUT2D eigenvalue weighted by Crippen LogP contribution is -2.63. The zero-order valence-corrected chi connectivity index (χ0v) is 34.5. The number of benzene rings is 3. The molecule has 1 saturated heterocycles. The summed E-state index contributed by atoms with van der Waals surface area (Å²) in [6, 6.07) is 22.5. The van der Waals surface area contributed by atoms with E-state index >= 15 is 0 Å². The van der Waals surface area contributed by atoms with Gasteiger partial charge in [0.15, 0.2) is 0 Å². The maximum absolute atomic E-state index is 14.3. The van der Waals surface area contributed by atoms with Crippen LogP contribution in [0.4, 0.5) is 4.79 Å². The molecule has 3 aromatic rings. The molecule has 1 aliphatic heterocycles. The molecule has 0 bridgehead atoms. The lowest BCUT2D eigenvalue weighted by atomic mass is 9.94. The Morgan fingerprint density at radius 1 is 0.793 bits per heavy atom. The van der Waals surface area contributed by atoms with Gasteiger partial charge in [-0.1, -0.05) is 85.3 Å². The fourth-order valence-electron chi connectivity index (χ4n) is 6.43. The van der Waals surface area contributed by atoms with Gasteiger partial charge < -0.3 is 35.1 Å². The minimum absolute atomic E-state index is 0.0712. The van der Waals surface area contributed by atoms with Crippen molar-refractivity contribution in [1.29, 1.82) is 0 Å². The SMILES string of the molecule is CC[C@](C)(NC(=O)[C@H](CCCCOC(=O)c1ccccc1)NC(=O)OC(C)(C)C)C(=O)N[C@@H](Cc1ccc(C)cc1)C(=O)N1CCC[C@@H]1C(=O)OCc1ccccc1. The lowest BCUT2D eigenvalue weighted by Gasteiger charge is -2.34. The molecule has 58 heavy (non-hydrogen) atoms. The summed E-state index contributed by atoms with van der Waals surface area (Å²) < 4.78 is 16.4. The highest BCUT2D eigenvalue weighted by atomic mass is 16.6. The number of aryl methyl sites for hydroxylation is 1. The Balaban J connectivity index is 1.47. The van der Waals surface area contributed by atoms with Gasteiger partial charge in [0.2, 0.25) is 17.7 Å². The van der Waals surface area contributed by atoms with E-state index in [-0.39, 0.29) is 32.5 Å². The second-order valence-electron chi connectivity index (χ2n) is 15.9. The normalized spacial score (nSPS) is 15.9. The first-order valence-electron chi connectivity index (χ1n) is 20.0. The molecule has 1 fully saturated rings. The number of unbranched alkanes of at least 4 members (excludes halogenated alkanes) is 1. The Hall–Kier alpha value is -5.72. The Bertz CT molecular complexity index is 1850. The number of alkyl carbamates (subject to hydrolysis) is 1. The van der Waals surface area contributed by atoms with Gasteiger partial charge in [-0.2, -0.15) is 0 Å². The van der Waals surface area contributed by atoms with Gasteiger partial charge in [0.05, 0.1) is 12.2 Å². The van der Waals surface area contributed by atoms with Crippen molar-refractivity contribution in [2.75, 3.05) is 13.2 Å². The molecule has 0 spiro atoms. The first-order chi connectivity index (χ1) is 27.6. The monoisotopic (exact) mass is 798 g/mol. The van der Waals surface area contributed by atoms with Crippen LogP contribution in [0, 0.1) is 6.92 Å². The van der Waals surface area contributed by atoms with Gasteiger partial charge in [0.1, 0.15) is 35.9 Å². The largest absolute Gasteiger partial charge is 0.462 e. The molecule has 0 saturated carbocycles. The average Bonchev–Trinajstić information content (AvgIpc) is 3.70. The zero-order valence-electron chi connectivity index (χ0n) is 34.5. The van der Waals surface area contributed by atoms with Crippen molar-refractivity contribution in [2.45, 2.75) is 122 Å². The standard InChI is InChI=1S/C45H58N4O9/c1-7-45(6,48-38(50)35(47-43(55)58-44(3,4)5)21-14-15-28-56-40(52)34-19-12-9-13-20-34)42(54)46-36(29-32-25-23-31(2)24-26-32)39(51)49-27-16-22-37(49)41(53)57-30-33-17-10-8-11-18-33/h8-13,17-20,23-26,35-37H,7,14-16,21-22,27-30H2,1-6H3,(H,46,54)(H,47,55)(H,48,50)/t35-,36-,37+,45-/m0/s1. The number of nitrogens with one attached hydrogen (secondary N) is 3. The molecule has 4 amide bonds. The predicted octanol–water partition coefficient (Wildman–Crippen LogP) is 5.96. The van der Waals surface area contributed by atoms with Gasteiger partial charge in [0.25, 0.3) is 0 Å². The highest BCUT2D eigenvalue weighted by molar-refractivity contribution is 5.97. The zero-order chi connectivity index (χ0) is 42.3. The Kier molecular flexibility index (Phi) is 16.4. The van der Waals surface area contributed by atoms with Crippen LogP contribution < -0.4 is 16.0 Å². The fourth-order valence-corrected chi connectivity index (χ4v) is 6.43. The van der Waals surface area contributed by atoms with Crippen LogP contribution in [-0.2, 0) is 46.4 Å². The summed E-state index contributed by atoms with van der Waals surface area (Å²) in [6.45, 7) is 10.8. The maximum Gasteiger partial charge on any atom is 0.408 e. The molecule has 0 radical (unpaired) electrons. The summed E-state index contributed by atoms with van der Waals surface area (Å²) in [5.74, 6) is -2.66. The minimum atomic E-state index is -1.51. The van der Waals surface area contributed by atoms with E-state index in [1.54, 1.807) is 65.0 Å². The number of likely N-dealkylation sites (tertiary alicyclic amines) is 1. The van der Waals surface area contributed by atoms with Crippen molar-refractivity contribution in [2.24, 2.45) is 0 Å². The summed E-state index contributed by atoms with van der Waals surface area (Å²) in [5, 5.41) is 8.38. The van der Waals surface area contributed by atoms with Gasteiger partial charge in [-0.25, -0.2) is 14.4 Å². The van der Waals surface area contributed by atoms with Crippen molar-refractivity contribution in [3.05, 3.63) is 107 Å². The molecule has 4 atom stereocenters. The minimum Gasteiger partial charge on any atom is -0.462 e. The number of nitrogens with zero attached hydrogens (tertiary/aromatic N) is 1. The molecule has 312 valence electrons. The Labute approximate surface area is 341 Å². The fraction of sp³-hybridized carbons (Fsp3) is 0.467. The quantitative estimate of drug-likeness (QED) is 0.0799. The molecule has 3 N–H and O–H groups in total. The third-order valence-electron chi connectivity index (χ3n) is 9.94. The molecular formula is C45H58N4O9. The van der Waals surface area contributed by atoms with E-state index in [1.807, 2.05) is 61.5 Å². The summed E-state index contributed by atoms with van der Waals surface area (Å²) in [7, 11) is 0. The molecule has 13 heteroatoms. The first-order valence-corrected chi connectivity index (χ1v) is 20.0. The molecule has 13 nitrogen and oxygen atoms in total. The van der Waals surface area contributed by atoms with Crippen LogP contribution in [-0.4, -0.2) is 83.1 Å². The van der Waals surface area contributed by atoms with Crippen LogP contribution in [0.15, 0.2) is 84.9 Å². The number of ether oxygens (including phenoxy) is 3. The number of hydrogen-bond acceptors (Lipinski definition) is 9. The van der Waals surface area contributed by atoms with E-state index < -0.39 is 65.0 Å². The van der Waals surface area contributed by atoms with Crippen LogP contribution >= 0.6 is 0 Å². The van der Waals surface area contributed by atoms with E-state index in [9.17, 15) is 28.8 Å². The van der Waals surface area contributed by atoms with Crippen molar-refractivity contribution < 1.29 is 43.0 Å². The van der Waals surface area contributed by atoms with E-state index in [2.05, 4.69) is 16.0 Å². The third-order valence-corrected chi connectivity index (χ3v) is 9.94. The molecule has 0 aliphatic carbocycles. The number of rotatable bonds is 18. The van der Waals surface area contributed by atoms with Crippen molar-refractivity contribution in [1.82, 2.24) is 20.9 Å². The molecule has 1 heterocycles. The second-order valence-corrected chi connectivity index (χ2v) is 15.9. The van der Waals surface area contributed by atoms with E-state index in [1.165, 1.54) is 4.90 Å². The number of hydrogen-bond donors (Lipinski definition) is 3. The topological polar surface area (TPSA) is 169 Å². The van der Waals surface area contributed by atoms with Gasteiger partial charge in [-0.15, -0.1) is 0 Å². The highest BCUT2D eigenvalue weighted by Crippen LogP contribution is 2.23. The van der Waals surface area contributed by atoms with Crippen molar-refractivity contribution in [3.8, 4) is 0 Å². The smallest absolute Gasteiger partial charge is 0.408 e. The molecule has 0 aromatic heterocycles. The highest BCUT2D eigenvalue weighted by Gasteiger charge is 2.42. The Morgan fingerprint density at radius 2 is 1.45 bits per heavy atom. The van der Waals surface area contributed by atoms with E-state index in [0.29, 0.717) is 37.8 Å². The van der Waals surface area contributed by atoms with Crippen LogP contribution in [0.3, 0.4) is 0 Å². The number of amides is 4. The summed E-state index contributed by atoms with van der Waals surface area (Å²) in [4.78, 5) is 82.5. The average molecular weight is 799 g/mol. The van der Waals surface area contributed by atoms with Gasteiger partial charge in [-0.3, -0.25) is 14.4 Å². The summed E-state index contributed by atoms with van der Waals surface area (Å²) in [5.41, 5.74) is 0.727. The number of carbonyl (C=O) groups excluding carboxylic acids is 6. The first kappa shape index (κ1) is 45.0. The number of esters is 2. The molecular weight excluding hydrogens is 741 g/mol. The Morgan fingerprint density at radius 3 is 2.09 bits per heavy atom. The summed E-state index contributed by atoms with van der Waals surface area (Å²) in [6.07, 6.45) is 1.44. The molecule has 3 aromatic carbocycles. The van der Waals surface area contributed by atoms with Crippen LogP contribution in [0.2, 0.25) is 0 Å². The molecule has 1 aliphatic rings. The van der Waals surface area contributed by atoms with Crippen LogP contribution in [0.5, 0.6) is 0 Å². The van der Waals surface area contributed by atoms with Crippen molar-refractivity contribution >= 4 is 35.8 Å². The predicted molar refractivity (Wildman–Crippen MR) is 218 cm³/mol. The second kappa shape index (κ2) is 21.2. The molecule has 4 rings (SSSR count). The van der Waals surface area contributed by atoms with Crippen LogP contribution in [0.1, 0.15) is 100 Å². The van der Waals surface area contributed by atoms with Gasteiger partial charge >= 0.3 is 18.0 Å². The van der Waals surface area contributed by atoms with Crippen LogP contribution in [0.25, 0.3) is 0 Å². The van der Waals surface area contributed by atoms with Gasteiger partial charge in [0, 0.05) is 13.0 Å². The van der Waals surface area contributed by atoms with Crippen molar-refractivity contribution in [3.63, 3.8) is 0 Å². The number of carbonyl (C=O) groups is 6. The van der Waals surface area contributed by atoms with Gasteiger partial charge in [-0.05, 0) is 96.4 Å². The maximum atomic E-state index is 14.3. The lowest BCUT2D eigenvalue weighted by molar-refractivity contribution is -0.155. The van der Waals surface area contributed by atoms with E-state index in [4.69, 9.17) is 14.2 Å². The molecule has 0 unspecified atom stereocenters. The van der Waals surface area contributed by atoms with E-state index in [0.717, 1.165) is 16.7 Å². The third kappa shape index (κ3) is 13.7. The summed E-state index contributed by atoms with van der Waals surface area (Å²) >= 11 is 0.